The Hall–Kier alpha value is -3.72. The smallest absolute Gasteiger partial charge is 0.336 e. The Balaban J connectivity index is 1.61. The molecule has 158 valence electrons. The maximum absolute atomic E-state index is 13.0. The van der Waals surface area contributed by atoms with E-state index in [9.17, 15) is 14.4 Å². The number of aromatic nitrogens is 3. The minimum atomic E-state index is -0.479. The van der Waals surface area contributed by atoms with Gasteiger partial charge in [-0.15, -0.1) is 11.3 Å². The first kappa shape index (κ1) is 20.5. The monoisotopic (exact) mass is 436 g/mol. The van der Waals surface area contributed by atoms with Crippen molar-refractivity contribution in [2.45, 2.75) is 20.0 Å². The second-order valence-corrected chi connectivity index (χ2v) is 7.99. The summed E-state index contributed by atoms with van der Waals surface area (Å²) in [7, 11) is 1.59. The zero-order valence-electron chi connectivity index (χ0n) is 17.0. The Morgan fingerprint density at radius 3 is 2.48 bits per heavy atom. The average molecular weight is 436 g/mol. The number of carbonyl (C=O) groups is 1. The van der Waals surface area contributed by atoms with Crippen molar-refractivity contribution in [3.63, 3.8) is 0 Å². The number of nitrogens with one attached hydrogen (secondary N) is 1. The van der Waals surface area contributed by atoms with Crippen molar-refractivity contribution in [2.75, 3.05) is 7.11 Å². The summed E-state index contributed by atoms with van der Waals surface area (Å²) in [5.74, 6) is 0.430. The van der Waals surface area contributed by atoms with Crippen molar-refractivity contribution in [1.29, 1.82) is 0 Å². The van der Waals surface area contributed by atoms with Gasteiger partial charge in [0.25, 0.3) is 11.5 Å². The van der Waals surface area contributed by atoms with E-state index in [4.69, 9.17) is 4.74 Å². The third-order valence-corrected chi connectivity index (χ3v) is 6.13. The summed E-state index contributed by atoms with van der Waals surface area (Å²) in [5, 5.41) is 2.85. The molecule has 9 heteroatoms. The van der Waals surface area contributed by atoms with Crippen LogP contribution in [0.25, 0.3) is 4.83 Å². The molecule has 0 saturated heterocycles. The van der Waals surface area contributed by atoms with Crippen LogP contribution in [0.15, 0.2) is 64.6 Å². The molecule has 0 atom stereocenters. The van der Waals surface area contributed by atoms with Crippen LogP contribution in [0.2, 0.25) is 0 Å². The zero-order valence-corrected chi connectivity index (χ0v) is 17.8. The van der Waals surface area contributed by atoms with E-state index in [1.54, 1.807) is 38.6 Å². The number of methoxy groups -OCH3 is 1. The molecule has 0 aliphatic heterocycles. The normalized spacial score (nSPS) is 10.9. The summed E-state index contributed by atoms with van der Waals surface area (Å²) in [6, 6.07) is 10.9. The number of rotatable bonds is 6. The Morgan fingerprint density at radius 1 is 1.10 bits per heavy atom. The van der Waals surface area contributed by atoms with Gasteiger partial charge in [0.15, 0.2) is 0 Å². The number of aryl methyl sites for hydroxylation is 1. The first-order chi connectivity index (χ1) is 15.0. The molecule has 1 amide bonds. The largest absolute Gasteiger partial charge is 0.497 e. The predicted molar refractivity (Wildman–Crippen MR) is 118 cm³/mol. The predicted octanol–water partition coefficient (Wildman–Crippen LogP) is 2.21. The van der Waals surface area contributed by atoms with Crippen LogP contribution in [-0.2, 0) is 13.1 Å². The van der Waals surface area contributed by atoms with Crippen LogP contribution in [0, 0.1) is 6.92 Å². The van der Waals surface area contributed by atoms with Crippen molar-refractivity contribution in [2.24, 2.45) is 0 Å². The second kappa shape index (κ2) is 8.57. The first-order valence-corrected chi connectivity index (χ1v) is 10.3. The molecule has 3 heterocycles. The van der Waals surface area contributed by atoms with Gasteiger partial charge >= 0.3 is 5.69 Å². The van der Waals surface area contributed by atoms with E-state index in [0.717, 1.165) is 28.2 Å². The van der Waals surface area contributed by atoms with Crippen molar-refractivity contribution < 1.29 is 9.53 Å². The molecule has 0 bridgehead atoms. The van der Waals surface area contributed by atoms with E-state index in [-0.39, 0.29) is 18.0 Å². The van der Waals surface area contributed by atoms with Crippen molar-refractivity contribution in [1.82, 2.24) is 19.3 Å². The number of fused-ring (bicyclic) bond motifs is 1. The number of benzene rings is 1. The third kappa shape index (κ3) is 4.13. The van der Waals surface area contributed by atoms with Gasteiger partial charge in [-0.1, -0.05) is 12.1 Å². The molecule has 0 fully saturated rings. The van der Waals surface area contributed by atoms with E-state index in [1.807, 2.05) is 24.3 Å². The van der Waals surface area contributed by atoms with Crippen LogP contribution in [0.1, 0.15) is 26.4 Å². The summed E-state index contributed by atoms with van der Waals surface area (Å²) < 4.78 is 7.66. The van der Waals surface area contributed by atoms with Gasteiger partial charge in [0.2, 0.25) is 0 Å². The average Bonchev–Trinajstić information content (AvgIpc) is 3.26. The topological polar surface area (TPSA) is 94.7 Å². The SMILES string of the molecule is COc1ccc(CNC(=O)c2cn3c(=O)n(Cc4ccncc4)c(=O)c(C)c3s2)cc1. The molecule has 0 radical (unpaired) electrons. The molecule has 3 aromatic heterocycles. The second-order valence-electron chi connectivity index (χ2n) is 6.96. The van der Waals surface area contributed by atoms with E-state index in [0.29, 0.717) is 21.8 Å². The van der Waals surface area contributed by atoms with E-state index < -0.39 is 5.69 Å². The molecule has 4 aromatic rings. The molecule has 1 aromatic carbocycles. The summed E-state index contributed by atoms with van der Waals surface area (Å²) >= 11 is 1.12. The lowest BCUT2D eigenvalue weighted by atomic mass is 10.2. The Morgan fingerprint density at radius 2 is 1.81 bits per heavy atom. The van der Waals surface area contributed by atoms with E-state index in [2.05, 4.69) is 10.3 Å². The van der Waals surface area contributed by atoms with Gasteiger partial charge in [-0.05, 0) is 42.3 Å². The molecule has 8 nitrogen and oxygen atoms in total. The van der Waals surface area contributed by atoms with Crippen molar-refractivity contribution in [3.8, 4) is 5.75 Å². The third-order valence-electron chi connectivity index (χ3n) is 4.92. The summed E-state index contributed by atoms with van der Waals surface area (Å²) in [6.07, 6.45) is 4.71. The highest BCUT2D eigenvalue weighted by atomic mass is 32.1. The summed E-state index contributed by atoms with van der Waals surface area (Å²) in [6.45, 7) is 2.13. The first-order valence-electron chi connectivity index (χ1n) is 9.53. The molecular formula is C22H20N4O4S. The molecule has 1 N–H and O–H groups in total. The zero-order chi connectivity index (χ0) is 22.0. The standard InChI is InChI=1S/C22H20N4O4S/c1-14-20(28)25(12-16-7-9-23-10-8-16)22(29)26-13-18(31-21(14)26)19(27)24-11-15-3-5-17(30-2)6-4-15/h3-10,13H,11-12H2,1-2H3,(H,24,27). The van der Waals surface area contributed by atoms with E-state index >= 15 is 0 Å². The number of carbonyl (C=O) groups excluding carboxylic acids is 1. The van der Waals surface area contributed by atoms with E-state index in [1.165, 1.54) is 15.2 Å². The summed E-state index contributed by atoms with van der Waals surface area (Å²) in [5.41, 5.74) is 1.29. The lowest BCUT2D eigenvalue weighted by Crippen LogP contribution is -2.38. The molecular weight excluding hydrogens is 416 g/mol. The van der Waals surface area contributed by atoms with Gasteiger partial charge in [-0.25, -0.2) is 4.79 Å². The maximum atomic E-state index is 13.0. The van der Waals surface area contributed by atoms with Gasteiger partial charge in [0.1, 0.15) is 15.5 Å². The Kier molecular flexibility index (Phi) is 5.68. The fourth-order valence-electron chi connectivity index (χ4n) is 3.19. The maximum Gasteiger partial charge on any atom is 0.336 e. The highest BCUT2D eigenvalue weighted by molar-refractivity contribution is 7.19. The fourth-order valence-corrected chi connectivity index (χ4v) is 4.19. The minimum Gasteiger partial charge on any atom is -0.497 e. The number of nitrogens with zero attached hydrogens (tertiary/aromatic N) is 3. The van der Waals surface area contributed by atoms with Gasteiger partial charge in [-0.3, -0.25) is 23.5 Å². The number of hydrogen-bond donors (Lipinski definition) is 1. The number of hydrogen-bond acceptors (Lipinski definition) is 6. The highest BCUT2D eigenvalue weighted by Gasteiger charge is 2.17. The van der Waals surface area contributed by atoms with Crippen LogP contribution in [0.3, 0.4) is 0 Å². The number of ether oxygens (including phenoxy) is 1. The Labute approximate surface area is 181 Å². The highest BCUT2D eigenvalue weighted by Crippen LogP contribution is 2.18. The fraction of sp³-hybridized carbons (Fsp3) is 0.182. The van der Waals surface area contributed by atoms with Crippen LogP contribution in [-0.4, -0.2) is 27.0 Å². The molecule has 0 unspecified atom stereocenters. The molecule has 0 aliphatic rings. The molecule has 31 heavy (non-hydrogen) atoms. The van der Waals surface area contributed by atoms with Crippen LogP contribution < -0.4 is 21.3 Å². The molecule has 4 rings (SSSR count). The number of thiazole rings is 1. The van der Waals surface area contributed by atoms with Gasteiger partial charge in [0.05, 0.1) is 13.7 Å². The Bertz CT molecular complexity index is 1350. The quantitative estimate of drug-likeness (QED) is 0.500. The lowest BCUT2D eigenvalue weighted by Gasteiger charge is -2.07. The molecule has 0 saturated carbocycles. The van der Waals surface area contributed by atoms with Crippen molar-refractivity contribution >= 4 is 22.1 Å². The number of pyridine rings is 1. The van der Waals surface area contributed by atoms with Crippen molar-refractivity contribution in [3.05, 3.63) is 97.4 Å². The van der Waals surface area contributed by atoms with Gasteiger partial charge < -0.3 is 10.1 Å². The minimum absolute atomic E-state index is 0.138. The number of amides is 1. The van der Waals surface area contributed by atoms with Crippen LogP contribution >= 0.6 is 11.3 Å². The molecule has 0 spiro atoms. The summed E-state index contributed by atoms with van der Waals surface area (Å²) in [4.78, 5) is 43.2. The van der Waals surface area contributed by atoms with Crippen LogP contribution in [0.4, 0.5) is 0 Å². The van der Waals surface area contributed by atoms with Gasteiger partial charge in [-0.2, -0.15) is 0 Å². The lowest BCUT2D eigenvalue weighted by molar-refractivity contribution is 0.0954. The molecule has 0 aliphatic carbocycles. The van der Waals surface area contributed by atoms with Gasteiger partial charge in [0, 0.05) is 30.7 Å². The van der Waals surface area contributed by atoms with Crippen LogP contribution in [0.5, 0.6) is 5.75 Å².